The Bertz CT molecular complexity index is 2740. The monoisotopic (exact) mass is 1480 g/mol. The molecule has 0 radical (unpaired) electrons. The molecular weight excluding hydrogens is 1410 g/mol. The molecule has 0 unspecified atom stereocenters. The first kappa shape index (κ1) is 89.7. The number of aliphatic carboxylic acids is 1. The summed E-state index contributed by atoms with van der Waals surface area (Å²) in [6.07, 6.45) is 9.26. The topological polar surface area (TPSA) is 278 Å². The van der Waals surface area contributed by atoms with Crippen LogP contribution in [0.4, 0.5) is 0 Å². The van der Waals surface area contributed by atoms with Crippen LogP contribution in [-0.4, -0.2) is 107 Å². The minimum atomic E-state index is -1.17. The number of aldehydes is 3. The van der Waals surface area contributed by atoms with Crippen LogP contribution in [0.25, 0.3) is 6.08 Å². The van der Waals surface area contributed by atoms with Gasteiger partial charge in [-0.15, -0.1) is 68.0 Å². The van der Waals surface area contributed by atoms with E-state index >= 15 is 0 Å². The average molecular weight is 1480 g/mol. The van der Waals surface area contributed by atoms with Crippen molar-refractivity contribution in [3.05, 3.63) is 144 Å². The van der Waals surface area contributed by atoms with Crippen molar-refractivity contribution in [3.63, 3.8) is 0 Å². The first-order valence-corrected chi connectivity index (χ1v) is 32.5. The molecule has 0 bridgehead atoms. The number of aryl methyl sites for hydroxylation is 6. The minimum Gasteiger partial charge on any atom is -0.870 e. The normalized spacial score (nSPS) is 9.30. The SMILES string of the molecule is C=CC(=O)OCC.CB(O)O.CB(O)O.CCOC(=O)/C=C/c1scc(C)c1C.CCOC(=O)CCc1scc(C)c1C.Cc1c(Br)csc1C=O.Cc1csc(C=O)c1C.Cc1csc(CCC(=O)O)c1C.O=Cc1scc(Br)c1Br.[Na+].[OH-]. The summed E-state index contributed by atoms with van der Waals surface area (Å²) in [7, 11) is -2.33. The maximum Gasteiger partial charge on any atom is 1.00 e. The maximum absolute atomic E-state index is 11.1. The number of rotatable bonds is 15. The molecule has 0 saturated carbocycles. The second kappa shape index (κ2) is 53.0. The van der Waals surface area contributed by atoms with Crippen LogP contribution in [0, 0.1) is 62.3 Å². The van der Waals surface area contributed by atoms with Gasteiger partial charge in [-0.2, -0.15) is 0 Å². The van der Waals surface area contributed by atoms with Gasteiger partial charge in [0.2, 0.25) is 0 Å². The molecule has 6 rings (SSSR count). The van der Waals surface area contributed by atoms with E-state index in [4.69, 9.17) is 34.7 Å². The summed E-state index contributed by atoms with van der Waals surface area (Å²) >= 11 is 19.2. The van der Waals surface area contributed by atoms with E-state index in [2.05, 4.69) is 110 Å². The van der Waals surface area contributed by atoms with Gasteiger partial charge in [0, 0.05) is 46.5 Å². The molecule has 0 saturated heterocycles. The first-order valence-electron chi connectivity index (χ1n) is 24.9. The molecule has 6 heterocycles. The van der Waals surface area contributed by atoms with Gasteiger partial charge in [0.05, 0.1) is 51.8 Å². The zero-order valence-electron chi connectivity index (χ0n) is 50.1. The first-order chi connectivity index (χ1) is 38.4. The van der Waals surface area contributed by atoms with E-state index in [-0.39, 0.29) is 59.4 Å². The third-order valence-corrected chi connectivity index (χ3v) is 20.5. The number of carbonyl (C=O) groups excluding carboxylic acids is 6. The fourth-order valence-electron chi connectivity index (χ4n) is 5.08. The molecule has 460 valence electrons. The van der Waals surface area contributed by atoms with Crippen molar-refractivity contribution < 1.29 is 108 Å². The number of carboxylic acids is 1. The van der Waals surface area contributed by atoms with Crippen LogP contribution in [0.3, 0.4) is 0 Å². The van der Waals surface area contributed by atoms with E-state index in [9.17, 15) is 33.6 Å². The second-order valence-electron chi connectivity index (χ2n) is 16.4. The minimum absolute atomic E-state index is 0. The van der Waals surface area contributed by atoms with Gasteiger partial charge in [-0.3, -0.25) is 24.0 Å². The molecule has 84 heavy (non-hydrogen) atoms. The van der Waals surface area contributed by atoms with E-state index in [0.717, 1.165) is 75.4 Å². The third kappa shape index (κ3) is 41.9. The van der Waals surface area contributed by atoms with Crippen molar-refractivity contribution in [1.82, 2.24) is 0 Å². The molecular formula is C56H76B2Br3NaO16S6. The van der Waals surface area contributed by atoms with Gasteiger partial charge in [0.25, 0.3) is 0 Å². The Morgan fingerprint density at radius 1 is 0.524 bits per heavy atom. The number of esters is 3. The van der Waals surface area contributed by atoms with Crippen LogP contribution >= 0.6 is 116 Å². The number of hydrogen-bond donors (Lipinski definition) is 5. The van der Waals surface area contributed by atoms with E-state index < -0.39 is 20.2 Å². The number of hydrogen-bond acceptors (Lipinski definition) is 21. The van der Waals surface area contributed by atoms with Crippen LogP contribution in [-0.2, 0) is 46.2 Å². The zero-order valence-corrected chi connectivity index (χ0v) is 61.7. The largest absolute Gasteiger partial charge is 1.00 e. The molecule has 0 atom stereocenters. The van der Waals surface area contributed by atoms with Gasteiger partial charge in [-0.25, -0.2) is 9.59 Å². The molecule has 6 aromatic heterocycles. The number of ether oxygens (including phenoxy) is 3. The fraction of sp³-hybridized carbons (Fsp3) is 0.375. The number of thiophene rings is 6. The Morgan fingerprint density at radius 3 is 1.13 bits per heavy atom. The van der Waals surface area contributed by atoms with Gasteiger partial charge in [-0.05, 0) is 235 Å². The summed E-state index contributed by atoms with van der Waals surface area (Å²) in [6.45, 7) is 30.8. The number of carbonyl (C=O) groups is 7. The molecule has 0 aliphatic carbocycles. The molecule has 0 amide bonds. The molecule has 6 N–H and O–H groups in total. The Morgan fingerprint density at radius 2 is 0.869 bits per heavy atom. The molecule has 28 heteroatoms. The number of carboxylic acid groups (broad SMARTS) is 1. The van der Waals surface area contributed by atoms with Crippen molar-refractivity contribution in [2.24, 2.45) is 0 Å². The Hall–Kier alpha value is -3.06. The second-order valence-corrected chi connectivity index (χ2v) is 24.5. The molecule has 0 fully saturated rings. The summed E-state index contributed by atoms with van der Waals surface area (Å²) in [5.41, 5.74) is 11.0. The van der Waals surface area contributed by atoms with Crippen LogP contribution < -0.4 is 29.6 Å². The van der Waals surface area contributed by atoms with E-state index in [0.29, 0.717) is 32.7 Å². The van der Waals surface area contributed by atoms with Gasteiger partial charge in [0.1, 0.15) is 0 Å². The van der Waals surface area contributed by atoms with Crippen LogP contribution in [0.5, 0.6) is 0 Å². The zero-order chi connectivity index (χ0) is 63.7. The molecule has 0 aliphatic heterocycles. The quantitative estimate of drug-likeness (QED) is 0.0210. The summed E-state index contributed by atoms with van der Waals surface area (Å²) in [6, 6.07) is 0. The summed E-state index contributed by atoms with van der Waals surface area (Å²) in [5.74, 6) is -1.46. The molecule has 0 aromatic carbocycles. The predicted molar refractivity (Wildman–Crippen MR) is 355 cm³/mol. The average Bonchev–Trinajstić information content (AvgIpc) is 4.29. The van der Waals surface area contributed by atoms with Crippen LogP contribution in [0.1, 0.15) is 127 Å². The van der Waals surface area contributed by atoms with E-state index in [1.807, 2.05) is 56.8 Å². The van der Waals surface area contributed by atoms with Crippen molar-refractivity contribution in [2.75, 3.05) is 19.8 Å². The van der Waals surface area contributed by atoms with Crippen molar-refractivity contribution >= 4 is 179 Å². The van der Waals surface area contributed by atoms with Crippen molar-refractivity contribution in [1.29, 1.82) is 0 Å². The third-order valence-electron chi connectivity index (χ3n) is 10.0. The molecule has 0 aliphatic rings. The number of halogens is 3. The van der Waals surface area contributed by atoms with Crippen molar-refractivity contribution in [3.8, 4) is 0 Å². The maximum atomic E-state index is 11.1. The van der Waals surface area contributed by atoms with Gasteiger partial charge >= 0.3 is 67.7 Å². The van der Waals surface area contributed by atoms with Crippen molar-refractivity contribution in [2.45, 2.75) is 122 Å². The van der Waals surface area contributed by atoms with E-state index in [1.165, 1.54) is 102 Å². The predicted octanol–water partition coefficient (Wildman–Crippen LogP) is 11.8. The molecule has 0 spiro atoms. The van der Waals surface area contributed by atoms with Crippen LogP contribution in [0.2, 0.25) is 13.6 Å². The van der Waals surface area contributed by atoms with Gasteiger partial charge < -0.3 is 44.9 Å². The van der Waals surface area contributed by atoms with Gasteiger partial charge in [0.15, 0.2) is 18.9 Å². The smallest absolute Gasteiger partial charge is 0.870 e. The van der Waals surface area contributed by atoms with Crippen LogP contribution in [0.15, 0.2) is 64.4 Å². The molecule has 16 nitrogen and oxygen atoms in total. The standard InChI is InChI=1S/C11H16O2S.C11H14O2S.C9H12O2S.C7H8OS.C6H5BrOS.C5H2Br2OS.C5H8O2.2CH5BO2.Na.H2O/c2*1-4-13-11(12)6-5-10-9(3)8(2)7-14-10;1-6-5-12-8(7(6)2)3-4-9(10)11;1-5-4-9-7(3-8)6(5)2;1-4-5(7)3-9-6(4)2-8;6-3-2-9-4(1-8)5(3)7;1-3-5(6)7-4-2;2*1-2(3)4;;/h7H,4-6H2,1-3H3;5-7H,4H2,1-3H3;5H,3-4H2,1-2H3,(H,10,11);3-4H,1-2H3;2-3H,1H3;1-2H;3H,1,4H2,2H3;2*3-4H,1H3;;1H2/q;;;;;;;;;+1;/p-1/b;6-5+;;;;;;;;;. The summed E-state index contributed by atoms with van der Waals surface area (Å²) in [4.78, 5) is 79.2. The van der Waals surface area contributed by atoms with E-state index in [1.54, 1.807) is 47.9 Å². The summed E-state index contributed by atoms with van der Waals surface area (Å²) in [5, 5.41) is 51.0. The summed E-state index contributed by atoms with van der Waals surface area (Å²) < 4.78 is 16.9. The Balaban J connectivity index is -0.000000284. The Labute approximate surface area is 567 Å². The molecule has 6 aromatic rings. The fourth-order valence-corrected chi connectivity index (χ4v) is 12.3. The van der Waals surface area contributed by atoms with Gasteiger partial charge in [-0.1, -0.05) is 6.58 Å². The Kier molecular flexibility index (Phi) is 56.6.